The minimum Gasteiger partial charge on any atom is -0.493 e. The van der Waals surface area contributed by atoms with Crippen LogP contribution in [0.1, 0.15) is 42.3 Å². The van der Waals surface area contributed by atoms with Crippen LogP contribution in [-0.2, 0) is 27.1 Å². The third-order valence-corrected chi connectivity index (χ3v) is 5.96. The second kappa shape index (κ2) is 10.2. The molecule has 1 atom stereocenters. The molecule has 1 saturated heterocycles. The van der Waals surface area contributed by atoms with Gasteiger partial charge in [0.05, 0.1) is 18.9 Å². The number of rotatable bonds is 9. The maximum atomic E-state index is 12.5. The molecule has 3 aromatic rings. The third kappa shape index (κ3) is 5.45. The van der Waals surface area contributed by atoms with Gasteiger partial charge in [0.15, 0.2) is 5.60 Å². The normalized spacial score (nSPS) is 17.8. The first-order chi connectivity index (χ1) is 16.0. The van der Waals surface area contributed by atoms with E-state index in [1.165, 1.54) is 5.56 Å². The molecule has 0 saturated carbocycles. The highest BCUT2D eigenvalue weighted by molar-refractivity contribution is 5.80. The molecule has 1 aromatic heterocycles. The number of carbonyl (C=O) groups excluding carboxylic acids is 1. The number of aryl methyl sites for hydroxylation is 2. The van der Waals surface area contributed by atoms with E-state index in [0.717, 1.165) is 34.8 Å². The lowest BCUT2D eigenvalue weighted by atomic mass is 9.91. The predicted molar refractivity (Wildman–Crippen MR) is 125 cm³/mol. The lowest BCUT2D eigenvalue weighted by Crippen LogP contribution is -2.41. The van der Waals surface area contributed by atoms with E-state index in [4.69, 9.17) is 18.6 Å². The maximum Gasteiger partial charge on any atom is 0.338 e. The lowest BCUT2D eigenvalue weighted by Gasteiger charge is -2.26. The summed E-state index contributed by atoms with van der Waals surface area (Å²) in [7, 11) is 0. The Morgan fingerprint density at radius 1 is 1.09 bits per heavy atom. The quantitative estimate of drug-likeness (QED) is 0.416. The van der Waals surface area contributed by atoms with Crippen LogP contribution in [0, 0.1) is 13.8 Å². The molecular formula is C27H31NO5. The molecule has 1 unspecified atom stereocenters. The van der Waals surface area contributed by atoms with Crippen molar-refractivity contribution < 1.29 is 23.4 Å². The number of hydrogen-bond acceptors (Lipinski definition) is 6. The highest BCUT2D eigenvalue weighted by Gasteiger charge is 2.44. The van der Waals surface area contributed by atoms with E-state index < -0.39 is 5.60 Å². The van der Waals surface area contributed by atoms with E-state index in [0.29, 0.717) is 45.0 Å². The molecule has 33 heavy (non-hydrogen) atoms. The Balaban J connectivity index is 1.33. The predicted octanol–water partition coefficient (Wildman–Crippen LogP) is 5.23. The zero-order valence-electron chi connectivity index (χ0n) is 19.6. The van der Waals surface area contributed by atoms with Gasteiger partial charge in [-0.2, -0.15) is 0 Å². The number of ether oxygens (including phenoxy) is 3. The molecule has 1 fully saturated rings. The first-order valence-corrected chi connectivity index (χ1v) is 11.6. The molecule has 0 bridgehead atoms. The van der Waals surface area contributed by atoms with E-state index in [1.807, 2.05) is 50.2 Å². The van der Waals surface area contributed by atoms with Gasteiger partial charge >= 0.3 is 5.97 Å². The number of aromatic nitrogens is 1. The molecule has 0 radical (unpaired) electrons. The zero-order valence-corrected chi connectivity index (χ0v) is 19.6. The molecular weight excluding hydrogens is 418 g/mol. The van der Waals surface area contributed by atoms with Crippen LogP contribution in [0.3, 0.4) is 0 Å². The molecule has 1 aliphatic rings. The Labute approximate surface area is 194 Å². The van der Waals surface area contributed by atoms with Crippen LogP contribution in [0.15, 0.2) is 52.9 Å². The Hall–Kier alpha value is -3.12. The van der Waals surface area contributed by atoms with E-state index in [2.05, 4.69) is 24.0 Å². The van der Waals surface area contributed by atoms with Gasteiger partial charge in [0.2, 0.25) is 5.89 Å². The summed E-state index contributed by atoms with van der Waals surface area (Å²) in [6, 6.07) is 16.0. The van der Waals surface area contributed by atoms with Crippen molar-refractivity contribution >= 4 is 5.97 Å². The third-order valence-electron chi connectivity index (χ3n) is 5.96. The van der Waals surface area contributed by atoms with E-state index in [9.17, 15) is 4.79 Å². The van der Waals surface area contributed by atoms with Gasteiger partial charge in [-0.05, 0) is 63.4 Å². The van der Waals surface area contributed by atoms with Crippen molar-refractivity contribution in [2.45, 2.75) is 52.1 Å². The van der Waals surface area contributed by atoms with E-state index in [1.54, 1.807) is 0 Å². The fourth-order valence-corrected chi connectivity index (χ4v) is 4.11. The van der Waals surface area contributed by atoms with Gasteiger partial charge in [-0.3, -0.25) is 0 Å². The molecule has 6 nitrogen and oxygen atoms in total. The molecule has 4 rings (SSSR count). The van der Waals surface area contributed by atoms with Crippen LogP contribution in [0.25, 0.3) is 11.5 Å². The SMILES string of the molecule is CCOC(=O)C1(Cc2ccc(OCCc3nc(-c4ccc(C)cc4)oc3C)cc2)CCCO1. The highest BCUT2D eigenvalue weighted by atomic mass is 16.6. The fraction of sp³-hybridized carbons (Fsp3) is 0.407. The first kappa shape index (κ1) is 23.1. The van der Waals surface area contributed by atoms with Crippen LogP contribution in [0.2, 0.25) is 0 Å². The monoisotopic (exact) mass is 449 g/mol. The molecule has 0 amide bonds. The summed E-state index contributed by atoms with van der Waals surface area (Å²) >= 11 is 0. The van der Waals surface area contributed by atoms with Gasteiger partial charge in [0.25, 0.3) is 0 Å². The fourth-order valence-electron chi connectivity index (χ4n) is 4.11. The standard InChI is InChI=1S/C27H31NO5/c1-4-30-26(29)27(15-5-16-32-27)18-21-8-12-23(13-9-21)31-17-14-24-20(3)33-25(28-24)22-10-6-19(2)7-11-22/h6-13H,4-5,14-18H2,1-3H3. The summed E-state index contributed by atoms with van der Waals surface area (Å²) in [5.41, 5.74) is 3.23. The van der Waals surface area contributed by atoms with Crippen molar-refractivity contribution in [3.8, 4) is 17.2 Å². The van der Waals surface area contributed by atoms with Crippen LogP contribution in [-0.4, -0.2) is 36.4 Å². The van der Waals surface area contributed by atoms with Gasteiger partial charge in [0.1, 0.15) is 11.5 Å². The lowest BCUT2D eigenvalue weighted by molar-refractivity contribution is -0.166. The van der Waals surface area contributed by atoms with Gasteiger partial charge in [0, 0.05) is 25.0 Å². The highest BCUT2D eigenvalue weighted by Crippen LogP contribution is 2.31. The van der Waals surface area contributed by atoms with E-state index in [-0.39, 0.29) is 5.97 Å². The first-order valence-electron chi connectivity index (χ1n) is 11.6. The van der Waals surface area contributed by atoms with Crippen molar-refractivity contribution in [1.29, 1.82) is 0 Å². The summed E-state index contributed by atoms with van der Waals surface area (Å²) in [5, 5.41) is 0. The van der Waals surface area contributed by atoms with Gasteiger partial charge in [-0.1, -0.05) is 29.8 Å². The molecule has 2 heterocycles. The minimum absolute atomic E-state index is 0.268. The number of esters is 1. The topological polar surface area (TPSA) is 70.8 Å². The summed E-state index contributed by atoms with van der Waals surface area (Å²) < 4.78 is 22.9. The smallest absolute Gasteiger partial charge is 0.338 e. The van der Waals surface area contributed by atoms with Crippen molar-refractivity contribution in [2.24, 2.45) is 0 Å². The van der Waals surface area contributed by atoms with Crippen LogP contribution in [0.4, 0.5) is 0 Å². The summed E-state index contributed by atoms with van der Waals surface area (Å²) in [5.74, 6) is 1.95. The van der Waals surface area contributed by atoms with Gasteiger partial charge in [-0.15, -0.1) is 0 Å². The number of hydrogen-bond donors (Lipinski definition) is 0. The van der Waals surface area contributed by atoms with Crippen LogP contribution < -0.4 is 4.74 Å². The van der Waals surface area contributed by atoms with Gasteiger partial charge < -0.3 is 18.6 Å². The van der Waals surface area contributed by atoms with Crippen LogP contribution >= 0.6 is 0 Å². The Morgan fingerprint density at radius 3 is 2.52 bits per heavy atom. The molecule has 0 N–H and O–H groups in total. The second-order valence-corrected chi connectivity index (χ2v) is 8.47. The molecule has 0 spiro atoms. The Kier molecular flexibility index (Phi) is 7.14. The average Bonchev–Trinajstić information content (AvgIpc) is 3.43. The van der Waals surface area contributed by atoms with Gasteiger partial charge in [-0.25, -0.2) is 9.78 Å². The number of nitrogens with zero attached hydrogens (tertiary/aromatic N) is 1. The molecule has 6 heteroatoms. The van der Waals surface area contributed by atoms with Crippen LogP contribution in [0.5, 0.6) is 5.75 Å². The number of benzene rings is 2. The minimum atomic E-state index is -0.863. The largest absolute Gasteiger partial charge is 0.493 e. The zero-order chi connectivity index (χ0) is 23.3. The average molecular weight is 450 g/mol. The van der Waals surface area contributed by atoms with Crippen molar-refractivity contribution in [1.82, 2.24) is 4.98 Å². The van der Waals surface area contributed by atoms with E-state index >= 15 is 0 Å². The Morgan fingerprint density at radius 2 is 1.85 bits per heavy atom. The summed E-state index contributed by atoms with van der Waals surface area (Å²) in [6.07, 6.45) is 2.72. The van der Waals surface area contributed by atoms with Crippen molar-refractivity contribution in [3.05, 3.63) is 71.1 Å². The molecule has 1 aliphatic heterocycles. The number of carbonyl (C=O) groups is 1. The molecule has 0 aliphatic carbocycles. The summed E-state index contributed by atoms with van der Waals surface area (Å²) in [6.45, 7) is 7.24. The van der Waals surface area contributed by atoms with Crippen molar-refractivity contribution in [2.75, 3.05) is 19.8 Å². The number of oxazole rings is 1. The van der Waals surface area contributed by atoms with Crippen molar-refractivity contribution in [3.63, 3.8) is 0 Å². The summed E-state index contributed by atoms with van der Waals surface area (Å²) in [4.78, 5) is 17.1. The second-order valence-electron chi connectivity index (χ2n) is 8.47. The molecule has 2 aromatic carbocycles. The molecule has 174 valence electrons. The maximum absolute atomic E-state index is 12.5. The Bertz CT molecular complexity index is 1060.